The lowest BCUT2D eigenvalue weighted by atomic mass is 10.0. The Balaban J connectivity index is 2.60. The van der Waals surface area contributed by atoms with E-state index < -0.39 is 0 Å². The zero-order valence-electron chi connectivity index (χ0n) is 10.4. The van der Waals surface area contributed by atoms with Crippen LogP contribution >= 0.6 is 11.8 Å². The van der Waals surface area contributed by atoms with Crippen LogP contribution in [0.25, 0.3) is 0 Å². The van der Waals surface area contributed by atoms with Crippen LogP contribution in [0.5, 0.6) is 0 Å². The molecule has 0 radical (unpaired) electrons. The molecule has 0 aromatic rings. The molecule has 2 unspecified atom stereocenters. The van der Waals surface area contributed by atoms with Crippen molar-refractivity contribution in [3.05, 3.63) is 0 Å². The highest BCUT2D eigenvalue weighted by Crippen LogP contribution is 2.22. The number of nitrogens with two attached hydrogens (primary N) is 1. The van der Waals surface area contributed by atoms with Crippen LogP contribution in [0.4, 0.5) is 0 Å². The fraction of sp³-hybridized carbons (Fsp3) is 0.818. The molecule has 0 aliphatic carbocycles. The number of primary amides is 1. The Bertz CT molecular complexity index is 289. The molecule has 0 saturated heterocycles. The molecule has 0 bridgehead atoms. The summed E-state index contributed by atoms with van der Waals surface area (Å²) in [6.07, 6.45) is 0. The molecule has 0 fully saturated rings. The molecule has 92 valence electrons. The number of nitrogens with one attached hydrogen (secondary N) is 1. The molecule has 1 aliphatic heterocycles. The molecule has 0 aromatic carbocycles. The van der Waals surface area contributed by atoms with Gasteiger partial charge in [0.15, 0.2) is 5.17 Å². The van der Waals surface area contributed by atoms with E-state index in [1.165, 1.54) is 0 Å². The highest BCUT2D eigenvalue weighted by molar-refractivity contribution is 8.14. The maximum atomic E-state index is 11.2. The number of amidine groups is 1. The minimum absolute atomic E-state index is 0.180. The molecule has 1 amide bonds. The zero-order chi connectivity index (χ0) is 12.3. The standard InChI is InChI=1S/C11H21N3OS/c1-6(2)8-5-16-11(13-8)14-9(7(3)4)10(12)15/h6-9H,5H2,1-4H3,(H2,12,15)(H,13,14). The molecule has 0 aromatic heterocycles. The number of amides is 1. The summed E-state index contributed by atoms with van der Waals surface area (Å²) in [5, 5.41) is 4.00. The topological polar surface area (TPSA) is 67.5 Å². The summed E-state index contributed by atoms with van der Waals surface area (Å²) in [4.78, 5) is 15.8. The Labute approximate surface area is 101 Å². The van der Waals surface area contributed by atoms with Crippen LogP contribution in [0.1, 0.15) is 27.7 Å². The Hall–Kier alpha value is -0.710. The van der Waals surface area contributed by atoms with Gasteiger partial charge in [0.25, 0.3) is 0 Å². The van der Waals surface area contributed by atoms with Crippen LogP contribution in [-0.2, 0) is 4.79 Å². The summed E-state index contributed by atoms with van der Waals surface area (Å²) in [5.41, 5.74) is 5.34. The van der Waals surface area contributed by atoms with Crippen molar-refractivity contribution in [1.29, 1.82) is 0 Å². The van der Waals surface area contributed by atoms with E-state index in [-0.39, 0.29) is 17.9 Å². The zero-order valence-corrected chi connectivity index (χ0v) is 11.2. The quantitative estimate of drug-likeness (QED) is 0.780. The first-order chi connectivity index (χ1) is 7.41. The van der Waals surface area contributed by atoms with Crippen LogP contribution in [0, 0.1) is 11.8 Å². The van der Waals surface area contributed by atoms with Gasteiger partial charge in [-0.2, -0.15) is 0 Å². The van der Waals surface area contributed by atoms with Gasteiger partial charge in [0, 0.05) is 5.75 Å². The summed E-state index contributed by atoms with van der Waals surface area (Å²) in [6.45, 7) is 8.27. The van der Waals surface area contributed by atoms with Crippen LogP contribution in [-0.4, -0.2) is 28.9 Å². The van der Waals surface area contributed by atoms with Crippen molar-refractivity contribution in [1.82, 2.24) is 5.32 Å². The largest absolute Gasteiger partial charge is 0.368 e. The third-order valence-corrected chi connectivity index (χ3v) is 3.70. The first-order valence-corrected chi connectivity index (χ1v) is 6.66. The molecule has 1 rings (SSSR count). The van der Waals surface area contributed by atoms with Crippen molar-refractivity contribution in [2.45, 2.75) is 39.8 Å². The number of carbonyl (C=O) groups excluding carboxylic acids is 1. The minimum Gasteiger partial charge on any atom is -0.368 e. The van der Waals surface area contributed by atoms with Gasteiger partial charge in [0.05, 0.1) is 6.04 Å². The molecule has 0 saturated carbocycles. The molecule has 1 heterocycles. The number of rotatable bonds is 4. The van der Waals surface area contributed by atoms with Gasteiger partial charge in [-0.05, 0) is 11.8 Å². The van der Waals surface area contributed by atoms with Gasteiger partial charge in [-0.1, -0.05) is 39.5 Å². The third-order valence-electron chi connectivity index (χ3n) is 2.70. The van der Waals surface area contributed by atoms with E-state index in [2.05, 4.69) is 24.2 Å². The van der Waals surface area contributed by atoms with Crippen LogP contribution in [0.2, 0.25) is 0 Å². The predicted octanol–water partition coefficient (Wildman–Crippen LogP) is 1.21. The first-order valence-electron chi connectivity index (χ1n) is 5.68. The van der Waals surface area contributed by atoms with Gasteiger partial charge in [-0.15, -0.1) is 0 Å². The molecule has 2 atom stereocenters. The van der Waals surface area contributed by atoms with Crippen LogP contribution < -0.4 is 11.1 Å². The monoisotopic (exact) mass is 243 g/mol. The van der Waals surface area contributed by atoms with Gasteiger partial charge < -0.3 is 11.1 Å². The number of hydrogen-bond donors (Lipinski definition) is 2. The van der Waals surface area contributed by atoms with Crippen molar-refractivity contribution in [2.75, 3.05) is 5.75 Å². The Morgan fingerprint density at radius 1 is 1.50 bits per heavy atom. The average molecular weight is 243 g/mol. The normalized spacial score (nSPS) is 22.4. The van der Waals surface area contributed by atoms with E-state index in [4.69, 9.17) is 5.73 Å². The van der Waals surface area contributed by atoms with Crippen molar-refractivity contribution < 1.29 is 4.79 Å². The maximum absolute atomic E-state index is 11.2. The second-order valence-electron chi connectivity index (χ2n) is 4.83. The lowest BCUT2D eigenvalue weighted by molar-refractivity contribution is -0.120. The number of carbonyl (C=O) groups is 1. The minimum atomic E-state index is -0.322. The molecule has 4 nitrogen and oxygen atoms in total. The van der Waals surface area contributed by atoms with E-state index in [0.29, 0.717) is 12.0 Å². The smallest absolute Gasteiger partial charge is 0.240 e. The Morgan fingerprint density at radius 2 is 2.12 bits per heavy atom. The van der Waals surface area contributed by atoms with Gasteiger partial charge in [0.2, 0.25) is 5.91 Å². The predicted molar refractivity (Wildman–Crippen MR) is 69.5 cm³/mol. The van der Waals surface area contributed by atoms with Crippen molar-refractivity contribution >= 4 is 22.8 Å². The van der Waals surface area contributed by atoms with Gasteiger partial charge in [-0.3, -0.25) is 9.79 Å². The van der Waals surface area contributed by atoms with Crippen LogP contribution in [0.15, 0.2) is 4.99 Å². The SMILES string of the molecule is CC(C)C1CSC(NC(C(N)=O)C(C)C)=N1. The number of aliphatic imine (C=N–C) groups is 1. The summed E-state index contributed by atoms with van der Waals surface area (Å²) >= 11 is 1.67. The third kappa shape index (κ3) is 3.40. The maximum Gasteiger partial charge on any atom is 0.240 e. The van der Waals surface area contributed by atoms with Gasteiger partial charge in [-0.25, -0.2) is 0 Å². The van der Waals surface area contributed by atoms with Crippen molar-refractivity contribution in [3.63, 3.8) is 0 Å². The molecule has 5 heteroatoms. The number of hydrogen-bond acceptors (Lipinski definition) is 4. The van der Waals surface area contributed by atoms with Gasteiger partial charge >= 0.3 is 0 Å². The highest BCUT2D eigenvalue weighted by atomic mass is 32.2. The first kappa shape index (κ1) is 13.4. The molecule has 3 N–H and O–H groups in total. The van der Waals surface area contributed by atoms with E-state index in [1.807, 2.05) is 13.8 Å². The van der Waals surface area contributed by atoms with E-state index >= 15 is 0 Å². The summed E-state index contributed by atoms with van der Waals surface area (Å²) in [7, 11) is 0. The second kappa shape index (κ2) is 5.57. The molecule has 16 heavy (non-hydrogen) atoms. The molecule has 0 spiro atoms. The number of thioether (sulfide) groups is 1. The van der Waals surface area contributed by atoms with E-state index in [9.17, 15) is 4.79 Å². The fourth-order valence-electron chi connectivity index (χ4n) is 1.51. The second-order valence-corrected chi connectivity index (χ2v) is 5.83. The molecular formula is C11H21N3OS. The van der Waals surface area contributed by atoms with Gasteiger partial charge in [0.1, 0.15) is 6.04 Å². The van der Waals surface area contributed by atoms with Crippen molar-refractivity contribution in [3.8, 4) is 0 Å². The van der Waals surface area contributed by atoms with Crippen molar-refractivity contribution in [2.24, 2.45) is 22.6 Å². The Kier molecular flexibility index (Phi) is 4.65. The van der Waals surface area contributed by atoms with E-state index in [0.717, 1.165) is 10.9 Å². The average Bonchev–Trinajstić information content (AvgIpc) is 2.61. The lowest BCUT2D eigenvalue weighted by Gasteiger charge is -2.19. The highest BCUT2D eigenvalue weighted by Gasteiger charge is 2.26. The van der Waals surface area contributed by atoms with Crippen LogP contribution in [0.3, 0.4) is 0 Å². The fourth-order valence-corrected chi connectivity index (χ4v) is 2.72. The number of nitrogens with zero attached hydrogens (tertiary/aromatic N) is 1. The molecular weight excluding hydrogens is 222 g/mol. The van der Waals surface area contributed by atoms with E-state index in [1.54, 1.807) is 11.8 Å². The summed E-state index contributed by atoms with van der Waals surface area (Å²) < 4.78 is 0. The Morgan fingerprint density at radius 3 is 2.50 bits per heavy atom. The summed E-state index contributed by atoms with van der Waals surface area (Å²) in [6, 6.07) is 0.0327. The summed E-state index contributed by atoms with van der Waals surface area (Å²) in [5.74, 6) is 1.40. The molecule has 1 aliphatic rings. The lowest BCUT2D eigenvalue weighted by Crippen LogP contribution is -2.46.